The topological polar surface area (TPSA) is 122 Å². The lowest BCUT2D eigenvalue weighted by atomic mass is 9.87. The zero-order valence-electron chi connectivity index (χ0n) is 13.2. The van der Waals surface area contributed by atoms with Crippen LogP contribution in [0, 0.1) is 17.8 Å². The van der Waals surface area contributed by atoms with Crippen LogP contribution >= 0.6 is 12.6 Å². The molecule has 0 aromatic carbocycles. The Morgan fingerprint density at radius 1 is 1.05 bits per heavy atom. The summed E-state index contributed by atoms with van der Waals surface area (Å²) in [5.74, 6) is -2.49. The van der Waals surface area contributed by atoms with Gasteiger partial charge in [0.15, 0.2) is 0 Å². The first-order chi connectivity index (χ1) is 10.3. The molecule has 0 aliphatic heterocycles. The SMILES string of the molecule is CC(CC(CC(C)C(=O)NCCS)C(=O)O)C(=O)NCCN. The molecule has 22 heavy (non-hydrogen) atoms. The van der Waals surface area contributed by atoms with Gasteiger partial charge in [-0.2, -0.15) is 12.6 Å². The molecule has 128 valence electrons. The van der Waals surface area contributed by atoms with Crippen molar-refractivity contribution in [2.24, 2.45) is 23.5 Å². The lowest BCUT2D eigenvalue weighted by Gasteiger charge is -2.20. The predicted octanol–water partition coefficient (Wildman–Crippen LogP) is -0.139. The maximum absolute atomic E-state index is 11.8. The van der Waals surface area contributed by atoms with Crippen molar-refractivity contribution >= 4 is 30.4 Å². The summed E-state index contributed by atoms with van der Waals surface area (Å²) in [7, 11) is 0. The Bertz CT molecular complexity index is 351. The van der Waals surface area contributed by atoms with E-state index in [1.54, 1.807) is 13.8 Å². The Morgan fingerprint density at radius 3 is 1.86 bits per heavy atom. The van der Waals surface area contributed by atoms with Crippen LogP contribution in [0.4, 0.5) is 0 Å². The Balaban J connectivity index is 4.51. The largest absolute Gasteiger partial charge is 0.481 e. The summed E-state index contributed by atoms with van der Waals surface area (Å²) in [6.45, 7) is 4.50. The zero-order valence-corrected chi connectivity index (χ0v) is 14.1. The average molecular weight is 333 g/mol. The molecule has 0 rings (SSSR count). The van der Waals surface area contributed by atoms with Crippen LogP contribution in [0.25, 0.3) is 0 Å². The quantitative estimate of drug-likeness (QED) is 0.337. The van der Waals surface area contributed by atoms with Crippen molar-refractivity contribution in [3.63, 3.8) is 0 Å². The first kappa shape index (κ1) is 20.7. The predicted molar refractivity (Wildman–Crippen MR) is 87.6 cm³/mol. The van der Waals surface area contributed by atoms with Gasteiger partial charge in [0.1, 0.15) is 0 Å². The highest BCUT2D eigenvalue weighted by Crippen LogP contribution is 2.21. The monoisotopic (exact) mass is 333 g/mol. The van der Waals surface area contributed by atoms with Crippen LogP contribution in [0.1, 0.15) is 26.7 Å². The number of thiol groups is 1. The maximum atomic E-state index is 11.8. The molecule has 0 saturated heterocycles. The van der Waals surface area contributed by atoms with Crippen molar-refractivity contribution in [1.82, 2.24) is 10.6 Å². The fourth-order valence-corrected chi connectivity index (χ4v) is 2.20. The number of nitrogens with two attached hydrogens (primary N) is 1. The highest BCUT2D eigenvalue weighted by molar-refractivity contribution is 7.80. The smallest absolute Gasteiger partial charge is 0.306 e. The summed E-state index contributed by atoms with van der Waals surface area (Å²) in [5.41, 5.74) is 5.31. The Morgan fingerprint density at radius 2 is 1.50 bits per heavy atom. The molecule has 0 aliphatic carbocycles. The van der Waals surface area contributed by atoms with E-state index in [9.17, 15) is 19.5 Å². The number of carbonyl (C=O) groups is 3. The lowest BCUT2D eigenvalue weighted by Crippen LogP contribution is -2.36. The molecule has 0 saturated carbocycles. The lowest BCUT2D eigenvalue weighted by molar-refractivity contribution is -0.143. The molecule has 0 aromatic heterocycles. The fourth-order valence-electron chi connectivity index (χ4n) is 2.09. The van der Waals surface area contributed by atoms with E-state index in [2.05, 4.69) is 23.3 Å². The number of hydrogen-bond acceptors (Lipinski definition) is 5. The summed E-state index contributed by atoms with van der Waals surface area (Å²) in [6, 6.07) is 0. The number of carboxylic acids is 1. The van der Waals surface area contributed by atoms with Gasteiger partial charge in [-0.1, -0.05) is 13.8 Å². The molecule has 3 atom stereocenters. The van der Waals surface area contributed by atoms with Crippen molar-refractivity contribution in [3.8, 4) is 0 Å². The van der Waals surface area contributed by atoms with Crippen LogP contribution in [-0.4, -0.2) is 48.3 Å². The molecule has 0 aliphatic rings. The summed E-state index contributed by atoms with van der Waals surface area (Å²) in [4.78, 5) is 34.9. The number of rotatable bonds is 11. The highest BCUT2D eigenvalue weighted by Gasteiger charge is 2.27. The van der Waals surface area contributed by atoms with Gasteiger partial charge in [0.25, 0.3) is 0 Å². The van der Waals surface area contributed by atoms with Gasteiger partial charge in [-0.3, -0.25) is 14.4 Å². The minimum atomic E-state index is -0.993. The van der Waals surface area contributed by atoms with Crippen molar-refractivity contribution in [3.05, 3.63) is 0 Å². The minimum absolute atomic E-state index is 0.190. The standard InChI is InChI=1S/C14H27N3O4S/c1-9(12(18)16-4-3-15)7-11(14(20)21)8-10(2)13(19)17-5-6-22/h9-11,22H,3-8,15H2,1-2H3,(H,16,18)(H,17,19)(H,20,21). The van der Waals surface area contributed by atoms with Crippen LogP contribution in [-0.2, 0) is 14.4 Å². The normalized spacial score (nSPS) is 14.7. The van der Waals surface area contributed by atoms with E-state index < -0.39 is 23.7 Å². The molecule has 8 heteroatoms. The first-order valence-corrected chi connectivity index (χ1v) is 8.05. The average Bonchev–Trinajstić information content (AvgIpc) is 2.48. The van der Waals surface area contributed by atoms with Crippen molar-refractivity contribution < 1.29 is 19.5 Å². The number of amides is 2. The number of carbonyl (C=O) groups excluding carboxylic acids is 2. The third-order valence-electron chi connectivity index (χ3n) is 3.38. The second-order valence-corrected chi connectivity index (χ2v) is 5.85. The van der Waals surface area contributed by atoms with Crippen LogP contribution < -0.4 is 16.4 Å². The molecule has 5 N–H and O–H groups in total. The molecule has 0 spiro atoms. The van der Waals surface area contributed by atoms with E-state index >= 15 is 0 Å². The third kappa shape index (κ3) is 8.23. The van der Waals surface area contributed by atoms with E-state index in [0.717, 1.165) is 0 Å². The van der Waals surface area contributed by atoms with E-state index in [0.29, 0.717) is 25.4 Å². The number of aliphatic carboxylic acids is 1. The van der Waals surface area contributed by atoms with Crippen molar-refractivity contribution in [2.45, 2.75) is 26.7 Å². The Hall–Kier alpha value is -1.28. The van der Waals surface area contributed by atoms with Crippen LogP contribution in [0.5, 0.6) is 0 Å². The number of nitrogens with one attached hydrogen (secondary N) is 2. The molecule has 0 heterocycles. The van der Waals surface area contributed by atoms with Gasteiger partial charge >= 0.3 is 5.97 Å². The van der Waals surface area contributed by atoms with Gasteiger partial charge in [-0.15, -0.1) is 0 Å². The van der Waals surface area contributed by atoms with Crippen molar-refractivity contribution in [1.29, 1.82) is 0 Å². The van der Waals surface area contributed by atoms with Crippen LogP contribution in [0.2, 0.25) is 0 Å². The van der Waals surface area contributed by atoms with Gasteiger partial charge in [0.05, 0.1) is 5.92 Å². The molecule has 3 unspecified atom stereocenters. The van der Waals surface area contributed by atoms with Crippen LogP contribution in [0.15, 0.2) is 0 Å². The van der Waals surface area contributed by atoms with E-state index in [4.69, 9.17) is 5.73 Å². The van der Waals surface area contributed by atoms with Crippen LogP contribution in [0.3, 0.4) is 0 Å². The minimum Gasteiger partial charge on any atom is -0.481 e. The molecule has 0 fully saturated rings. The molecular formula is C14H27N3O4S. The maximum Gasteiger partial charge on any atom is 0.306 e. The van der Waals surface area contributed by atoms with E-state index in [-0.39, 0.29) is 24.7 Å². The van der Waals surface area contributed by atoms with E-state index in [1.165, 1.54) is 0 Å². The fraction of sp³-hybridized carbons (Fsp3) is 0.786. The molecule has 0 radical (unpaired) electrons. The van der Waals surface area contributed by atoms with Gasteiger partial charge in [-0.25, -0.2) is 0 Å². The van der Waals surface area contributed by atoms with Gasteiger partial charge in [-0.05, 0) is 12.8 Å². The summed E-state index contributed by atoms with van der Waals surface area (Å²) in [5, 5.41) is 14.6. The molecular weight excluding hydrogens is 306 g/mol. The second kappa shape index (κ2) is 11.3. The molecule has 7 nitrogen and oxygen atoms in total. The van der Waals surface area contributed by atoms with Crippen molar-refractivity contribution in [2.75, 3.05) is 25.4 Å². The third-order valence-corrected chi connectivity index (χ3v) is 3.60. The number of hydrogen-bond donors (Lipinski definition) is 5. The molecule has 2 amide bonds. The summed E-state index contributed by atoms with van der Waals surface area (Å²) >= 11 is 4.00. The highest BCUT2D eigenvalue weighted by atomic mass is 32.1. The van der Waals surface area contributed by atoms with E-state index in [1.807, 2.05) is 0 Å². The summed E-state index contributed by atoms with van der Waals surface area (Å²) in [6.07, 6.45) is 0.387. The molecule has 0 aromatic rings. The summed E-state index contributed by atoms with van der Waals surface area (Å²) < 4.78 is 0. The number of carboxylic acid groups (broad SMARTS) is 1. The van der Waals surface area contributed by atoms with Gasteiger partial charge in [0, 0.05) is 37.2 Å². The second-order valence-electron chi connectivity index (χ2n) is 5.40. The Kier molecular flexibility index (Phi) is 10.7. The first-order valence-electron chi connectivity index (χ1n) is 7.42. The Labute approximate surface area is 136 Å². The zero-order chi connectivity index (χ0) is 17.1. The molecule has 0 bridgehead atoms. The van der Waals surface area contributed by atoms with Gasteiger partial charge < -0.3 is 21.5 Å². The van der Waals surface area contributed by atoms with Gasteiger partial charge in [0.2, 0.25) is 11.8 Å².